The van der Waals surface area contributed by atoms with E-state index in [2.05, 4.69) is 6.92 Å². The van der Waals surface area contributed by atoms with E-state index in [1.165, 1.54) is 57.8 Å². The second-order valence-electron chi connectivity index (χ2n) is 11.9. The van der Waals surface area contributed by atoms with Gasteiger partial charge in [-0.15, -0.1) is 0 Å². The van der Waals surface area contributed by atoms with Crippen LogP contribution in [0.2, 0.25) is 0 Å². The van der Waals surface area contributed by atoms with Gasteiger partial charge in [-0.25, -0.2) is 8.78 Å². The van der Waals surface area contributed by atoms with Gasteiger partial charge >= 0.3 is 0 Å². The van der Waals surface area contributed by atoms with Crippen LogP contribution in [-0.4, -0.2) is 6.67 Å². The number of unbranched alkanes of at least 4 members (excludes halogenated alkanes) is 4. The highest BCUT2D eigenvalue weighted by Gasteiger charge is 2.25. The molecule has 2 aliphatic carbocycles. The minimum atomic E-state index is -0.315. The molecule has 2 aromatic rings. The summed E-state index contributed by atoms with van der Waals surface area (Å²) in [5, 5.41) is 0. The molecule has 4 rings (SSSR count). The predicted molar refractivity (Wildman–Crippen MR) is 150 cm³/mol. The van der Waals surface area contributed by atoms with Gasteiger partial charge in [0.1, 0.15) is 11.6 Å². The molecule has 0 atom stereocenters. The summed E-state index contributed by atoms with van der Waals surface area (Å²) in [6, 6.07) is 10.9. The van der Waals surface area contributed by atoms with Crippen LogP contribution in [0.5, 0.6) is 0 Å². The van der Waals surface area contributed by atoms with Gasteiger partial charge in [-0.05, 0) is 105 Å². The van der Waals surface area contributed by atoms with Crippen molar-refractivity contribution in [1.29, 1.82) is 0 Å². The van der Waals surface area contributed by atoms with Crippen molar-refractivity contribution in [3.63, 3.8) is 0 Å². The van der Waals surface area contributed by atoms with Crippen LogP contribution >= 0.6 is 0 Å². The Bertz CT molecular complexity index is 952. The molecule has 0 radical (unpaired) electrons. The molecule has 0 bridgehead atoms. The van der Waals surface area contributed by atoms with Crippen molar-refractivity contribution >= 4 is 0 Å². The van der Waals surface area contributed by atoms with Gasteiger partial charge in [-0.2, -0.15) is 0 Å². The molecule has 0 aromatic heterocycles. The molecule has 0 aliphatic heterocycles. The van der Waals surface area contributed by atoms with E-state index in [1.807, 2.05) is 12.1 Å². The summed E-state index contributed by atoms with van der Waals surface area (Å²) in [4.78, 5) is 0. The van der Waals surface area contributed by atoms with Crippen LogP contribution in [-0.2, 0) is 0 Å². The molecule has 2 aromatic carbocycles. The lowest BCUT2D eigenvalue weighted by Gasteiger charge is -2.29. The van der Waals surface area contributed by atoms with Crippen molar-refractivity contribution in [1.82, 2.24) is 0 Å². The molecule has 0 N–H and O–H groups in total. The molecule has 2 fully saturated rings. The van der Waals surface area contributed by atoms with E-state index in [-0.39, 0.29) is 18.3 Å². The minimum Gasteiger partial charge on any atom is -0.251 e. The second-order valence-corrected chi connectivity index (χ2v) is 11.9. The van der Waals surface area contributed by atoms with Gasteiger partial charge in [0, 0.05) is 11.1 Å². The fraction of sp³-hybridized carbons (Fsp3) is 0.647. The molecule has 2 saturated carbocycles. The fourth-order valence-electron chi connectivity index (χ4n) is 6.96. The van der Waals surface area contributed by atoms with Gasteiger partial charge in [0.05, 0.1) is 6.67 Å². The number of hydrogen-bond acceptors (Lipinski definition) is 0. The molecule has 204 valence electrons. The van der Waals surface area contributed by atoms with E-state index < -0.39 is 0 Å². The standard InChI is InChI=1S/C34H47F3/c1-2-3-5-8-25-10-14-27(15-11-25)29-18-20-31(33(36)23-29)32-21-19-30(24-34(32)37)28-16-12-26(13-17-28)9-6-4-7-22-35/h18-21,23-28H,2-17,22H2,1H3. The smallest absolute Gasteiger partial charge is 0.131 e. The van der Waals surface area contributed by atoms with E-state index >= 15 is 8.78 Å². The Labute approximate surface area is 223 Å². The van der Waals surface area contributed by atoms with Crippen molar-refractivity contribution in [3.8, 4) is 11.1 Å². The van der Waals surface area contributed by atoms with Crippen molar-refractivity contribution in [2.45, 2.75) is 121 Å². The average molecular weight is 513 g/mol. The van der Waals surface area contributed by atoms with Gasteiger partial charge < -0.3 is 0 Å². The summed E-state index contributed by atoms with van der Waals surface area (Å²) < 4.78 is 42.7. The molecule has 3 heteroatoms. The highest BCUT2D eigenvalue weighted by Crippen LogP contribution is 2.41. The third kappa shape index (κ3) is 7.87. The largest absolute Gasteiger partial charge is 0.251 e. The lowest BCUT2D eigenvalue weighted by Crippen LogP contribution is -2.14. The van der Waals surface area contributed by atoms with Crippen LogP contribution in [0.3, 0.4) is 0 Å². The monoisotopic (exact) mass is 512 g/mol. The van der Waals surface area contributed by atoms with E-state index in [1.54, 1.807) is 24.3 Å². The first kappa shape index (κ1) is 28.2. The van der Waals surface area contributed by atoms with Crippen molar-refractivity contribution in [3.05, 3.63) is 59.2 Å². The first-order valence-electron chi connectivity index (χ1n) is 15.2. The molecule has 0 spiro atoms. The van der Waals surface area contributed by atoms with Gasteiger partial charge in [-0.3, -0.25) is 4.39 Å². The normalized spacial score (nSPS) is 24.3. The summed E-state index contributed by atoms with van der Waals surface area (Å²) in [6.07, 6.45) is 18.5. The fourth-order valence-corrected chi connectivity index (χ4v) is 6.96. The number of alkyl halides is 1. The van der Waals surface area contributed by atoms with Gasteiger partial charge in [0.2, 0.25) is 0 Å². The Kier molecular flexibility index (Phi) is 11.0. The maximum Gasteiger partial charge on any atom is 0.131 e. The highest BCUT2D eigenvalue weighted by atomic mass is 19.1. The molecule has 0 nitrogen and oxygen atoms in total. The molecule has 0 unspecified atom stereocenters. The van der Waals surface area contributed by atoms with Crippen LogP contribution in [0.1, 0.15) is 133 Å². The van der Waals surface area contributed by atoms with Crippen molar-refractivity contribution in [2.75, 3.05) is 6.67 Å². The van der Waals surface area contributed by atoms with Gasteiger partial charge in [0.25, 0.3) is 0 Å². The lowest BCUT2D eigenvalue weighted by molar-refractivity contribution is 0.300. The number of rotatable bonds is 12. The maximum atomic E-state index is 15.2. The SMILES string of the molecule is CCCCCC1CCC(c2ccc(-c3ccc(C4CCC(CCCCCF)CC4)cc3F)c(F)c2)CC1. The first-order valence-corrected chi connectivity index (χ1v) is 15.2. The molecule has 2 aliphatic rings. The van der Waals surface area contributed by atoms with E-state index in [0.717, 1.165) is 61.5 Å². The minimum absolute atomic E-state index is 0.206. The predicted octanol–water partition coefficient (Wildman–Crippen LogP) is 11.3. The summed E-state index contributed by atoms with van der Waals surface area (Å²) in [5.41, 5.74) is 2.86. The summed E-state index contributed by atoms with van der Waals surface area (Å²) >= 11 is 0. The average Bonchev–Trinajstić information content (AvgIpc) is 2.92. The molecular formula is C34H47F3. The number of benzene rings is 2. The third-order valence-electron chi connectivity index (χ3n) is 9.37. The van der Waals surface area contributed by atoms with Gasteiger partial charge in [0.15, 0.2) is 0 Å². The van der Waals surface area contributed by atoms with E-state index in [9.17, 15) is 4.39 Å². The molecular weight excluding hydrogens is 465 g/mol. The quantitative estimate of drug-likeness (QED) is 0.248. The summed E-state index contributed by atoms with van der Waals surface area (Å²) in [7, 11) is 0. The van der Waals surface area contributed by atoms with E-state index in [4.69, 9.17) is 0 Å². The lowest BCUT2D eigenvalue weighted by atomic mass is 9.76. The van der Waals surface area contributed by atoms with Crippen LogP contribution in [0, 0.1) is 23.5 Å². The van der Waals surface area contributed by atoms with Gasteiger partial charge in [-0.1, -0.05) is 76.1 Å². The van der Waals surface area contributed by atoms with Crippen LogP contribution in [0.15, 0.2) is 36.4 Å². The maximum absolute atomic E-state index is 15.2. The Morgan fingerprint density at radius 1 is 0.595 bits per heavy atom. The molecule has 0 heterocycles. The van der Waals surface area contributed by atoms with Crippen molar-refractivity contribution in [2.24, 2.45) is 11.8 Å². The Balaban J connectivity index is 1.32. The van der Waals surface area contributed by atoms with Crippen LogP contribution < -0.4 is 0 Å². The van der Waals surface area contributed by atoms with Crippen molar-refractivity contribution < 1.29 is 13.2 Å². The molecule has 0 saturated heterocycles. The zero-order valence-electron chi connectivity index (χ0n) is 22.9. The zero-order valence-corrected chi connectivity index (χ0v) is 22.9. The Hall–Kier alpha value is -1.77. The number of halogens is 3. The Morgan fingerprint density at radius 3 is 1.46 bits per heavy atom. The topological polar surface area (TPSA) is 0 Å². The second kappa shape index (κ2) is 14.4. The molecule has 0 amide bonds. The summed E-state index contributed by atoms with van der Waals surface area (Å²) in [6.45, 7) is 2.05. The first-order chi connectivity index (χ1) is 18.1. The zero-order chi connectivity index (χ0) is 26.0. The molecule has 37 heavy (non-hydrogen) atoms. The Morgan fingerprint density at radius 2 is 1.05 bits per heavy atom. The van der Waals surface area contributed by atoms with E-state index in [0.29, 0.717) is 29.4 Å². The summed E-state index contributed by atoms with van der Waals surface area (Å²) in [5.74, 6) is 1.75. The highest BCUT2D eigenvalue weighted by molar-refractivity contribution is 5.66. The van der Waals surface area contributed by atoms with Crippen LogP contribution in [0.25, 0.3) is 11.1 Å². The third-order valence-corrected chi connectivity index (χ3v) is 9.37. The number of hydrogen-bond donors (Lipinski definition) is 0. The van der Waals surface area contributed by atoms with Crippen LogP contribution in [0.4, 0.5) is 13.2 Å².